The van der Waals surface area contributed by atoms with Gasteiger partial charge in [-0.15, -0.1) is 13.2 Å². The third-order valence-corrected chi connectivity index (χ3v) is 5.20. The summed E-state index contributed by atoms with van der Waals surface area (Å²) in [5, 5.41) is 3.19. The zero-order chi connectivity index (χ0) is 24.3. The lowest BCUT2D eigenvalue weighted by atomic mass is 10.1. The summed E-state index contributed by atoms with van der Waals surface area (Å²) in [6.07, 6.45) is -3.10. The number of anilines is 3. The first kappa shape index (κ1) is 23.3. The lowest BCUT2D eigenvalue weighted by Gasteiger charge is -2.35. The Morgan fingerprint density at radius 3 is 2.47 bits per heavy atom. The van der Waals surface area contributed by atoms with Gasteiger partial charge in [0.25, 0.3) is 5.91 Å². The summed E-state index contributed by atoms with van der Waals surface area (Å²) < 4.78 is 41.4. The number of nitrogens with one attached hydrogen (secondary N) is 1. The van der Waals surface area contributed by atoms with Gasteiger partial charge in [-0.2, -0.15) is 0 Å². The third-order valence-electron chi connectivity index (χ3n) is 5.20. The zero-order valence-electron chi connectivity index (χ0n) is 18.6. The molecule has 3 heterocycles. The molecule has 2 aromatic heterocycles. The second kappa shape index (κ2) is 9.54. The van der Waals surface area contributed by atoms with Gasteiger partial charge < -0.3 is 19.9 Å². The number of nitrogens with zero attached hydrogens (tertiary/aromatic N) is 5. The fourth-order valence-electron chi connectivity index (χ4n) is 3.66. The molecule has 1 aliphatic rings. The summed E-state index contributed by atoms with van der Waals surface area (Å²) in [5.74, 6) is 1.83. The Morgan fingerprint density at radius 1 is 1.00 bits per heavy atom. The van der Waals surface area contributed by atoms with Gasteiger partial charge in [0.2, 0.25) is 0 Å². The van der Waals surface area contributed by atoms with E-state index in [-0.39, 0.29) is 11.5 Å². The number of aromatic nitrogens is 3. The van der Waals surface area contributed by atoms with Crippen molar-refractivity contribution in [1.29, 1.82) is 0 Å². The van der Waals surface area contributed by atoms with Gasteiger partial charge >= 0.3 is 6.36 Å². The molecule has 3 aromatic rings. The van der Waals surface area contributed by atoms with Crippen molar-refractivity contribution in [3.63, 3.8) is 0 Å². The minimum atomic E-state index is -4.81. The van der Waals surface area contributed by atoms with Crippen LogP contribution in [0.2, 0.25) is 0 Å². The van der Waals surface area contributed by atoms with Gasteiger partial charge in [-0.25, -0.2) is 15.0 Å². The predicted molar refractivity (Wildman–Crippen MR) is 120 cm³/mol. The minimum absolute atomic E-state index is 0.144. The van der Waals surface area contributed by atoms with E-state index in [2.05, 4.69) is 25.0 Å². The van der Waals surface area contributed by atoms with Gasteiger partial charge in [-0.3, -0.25) is 4.79 Å². The second-order valence-electron chi connectivity index (χ2n) is 7.86. The maximum atomic E-state index is 12.8. The van der Waals surface area contributed by atoms with Gasteiger partial charge in [0.05, 0.1) is 0 Å². The smallest absolute Gasteiger partial charge is 0.406 e. The van der Waals surface area contributed by atoms with Crippen LogP contribution in [0.1, 0.15) is 21.7 Å². The Balaban J connectivity index is 1.41. The number of pyridine rings is 1. The van der Waals surface area contributed by atoms with Gasteiger partial charge in [-0.05, 0) is 49.7 Å². The largest absolute Gasteiger partial charge is 0.573 e. The summed E-state index contributed by atoms with van der Waals surface area (Å²) >= 11 is 0. The first-order valence-corrected chi connectivity index (χ1v) is 10.6. The topological polar surface area (TPSA) is 83.5 Å². The minimum Gasteiger partial charge on any atom is -0.406 e. The summed E-state index contributed by atoms with van der Waals surface area (Å²) in [7, 11) is 0. The first-order valence-electron chi connectivity index (χ1n) is 10.6. The van der Waals surface area contributed by atoms with Crippen LogP contribution in [-0.2, 0) is 0 Å². The molecule has 178 valence electrons. The standard InChI is InChI=1S/C23H23F3N6O2/c1-15-6-7-27-19(12-15)30-20-14-21(29-16(2)28-20)31-8-10-32(11-9-31)22(33)17-4-3-5-18(13-17)34-23(24,25)26/h3-7,12-14H,8-11H2,1-2H3,(H,27,28,29,30). The summed E-state index contributed by atoms with van der Waals surface area (Å²) in [6, 6.07) is 10.8. The van der Waals surface area contributed by atoms with Crippen molar-refractivity contribution >= 4 is 23.4 Å². The average Bonchev–Trinajstić information content (AvgIpc) is 2.77. The van der Waals surface area contributed by atoms with Crippen LogP contribution in [0.15, 0.2) is 48.7 Å². The van der Waals surface area contributed by atoms with Crippen molar-refractivity contribution in [3.05, 3.63) is 65.6 Å². The van der Waals surface area contributed by atoms with Crippen LogP contribution >= 0.6 is 0 Å². The van der Waals surface area contributed by atoms with E-state index >= 15 is 0 Å². The number of halogens is 3. The molecule has 8 nitrogen and oxygen atoms in total. The number of hydrogen-bond acceptors (Lipinski definition) is 7. The quantitative estimate of drug-likeness (QED) is 0.599. The van der Waals surface area contributed by atoms with Crippen molar-refractivity contribution in [2.45, 2.75) is 20.2 Å². The van der Waals surface area contributed by atoms with Crippen LogP contribution in [-0.4, -0.2) is 58.3 Å². The van der Waals surface area contributed by atoms with E-state index in [0.29, 0.717) is 43.6 Å². The number of amides is 1. The van der Waals surface area contributed by atoms with Gasteiger partial charge in [-0.1, -0.05) is 6.07 Å². The van der Waals surface area contributed by atoms with Crippen LogP contribution in [0.25, 0.3) is 0 Å². The van der Waals surface area contributed by atoms with E-state index in [1.165, 1.54) is 12.1 Å². The monoisotopic (exact) mass is 472 g/mol. The molecule has 1 aromatic carbocycles. The molecule has 34 heavy (non-hydrogen) atoms. The van der Waals surface area contributed by atoms with Crippen LogP contribution in [0.3, 0.4) is 0 Å². The molecule has 1 fully saturated rings. The Labute approximate surface area is 194 Å². The Bertz CT molecular complexity index is 1180. The Kier molecular flexibility index (Phi) is 6.53. The van der Waals surface area contributed by atoms with Crippen molar-refractivity contribution in [3.8, 4) is 5.75 Å². The summed E-state index contributed by atoms with van der Waals surface area (Å²) in [5.41, 5.74) is 1.21. The average molecular weight is 472 g/mol. The fourth-order valence-corrected chi connectivity index (χ4v) is 3.66. The highest BCUT2D eigenvalue weighted by molar-refractivity contribution is 5.94. The maximum absolute atomic E-state index is 12.8. The van der Waals surface area contributed by atoms with E-state index in [9.17, 15) is 18.0 Å². The van der Waals surface area contributed by atoms with E-state index in [0.717, 1.165) is 23.5 Å². The van der Waals surface area contributed by atoms with E-state index < -0.39 is 12.1 Å². The lowest BCUT2D eigenvalue weighted by molar-refractivity contribution is -0.274. The van der Waals surface area contributed by atoms with Crippen LogP contribution in [0.4, 0.5) is 30.6 Å². The highest BCUT2D eigenvalue weighted by Gasteiger charge is 2.31. The van der Waals surface area contributed by atoms with E-state index in [4.69, 9.17) is 0 Å². The maximum Gasteiger partial charge on any atom is 0.573 e. The molecular formula is C23H23F3N6O2. The first-order chi connectivity index (χ1) is 16.2. The third kappa shape index (κ3) is 5.91. The number of hydrogen-bond donors (Lipinski definition) is 1. The lowest BCUT2D eigenvalue weighted by Crippen LogP contribution is -2.49. The van der Waals surface area contributed by atoms with Crippen molar-refractivity contribution in [2.75, 3.05) is 36.4 Å². The number of aryl methyl sites for hydroxylation is 2. The Hall–Kier alpha value is -3.89. The van der Waals surface area contributed by atoms with Crippen molar-refractivity contribution in [1.82, 2.24) is 19.9 Å². The molecule has 0 saturated carbocycles. The highest BCUT2D eigenvalue weighted by Crippen LogP contribution is 2.25. The SMILES string of the molecule is Cc1ccnc(Nc2cc(N3CCN(C(=O)c4cccc(OC(F)(F)F)c4)CC3)nc(C)n2)c1. The molecule has 0 unspecified atom stereocenters. The number of carbonyl (C=O) groups is 1. The molecule has 0 radical (unpaired) electrons. The molecule has 1 aliphatic heterocycles. The number of piperazine rings is 1. The van der Waals surface area contributed by atoms with Crippen molar-refractivity contribution < 1.29 is 22.7 Å². The second-order valence-corrected chi connectivity index (χ2v) is 7.86. The molecule has 1 N–H and O–H groups in total. The normalized spacial score (nSPS) is 14.1. The van der Waals surface area contributed by atoms with Crippen molar-refractivity contribution in [2.24, 2.45) is 0 Å². The number of rotatable bonds is 5. The van der Waals surface area contributed by atoms with Crippen LogP contribution in [0, 0.1) is 13.8 Å². The van der Waals surface area contributed by atoms with Gasteiger partial charge in [0.1, 0.15) is 29.0 Å². The molecule has 0 bridgehead atoms. The molecule has 0 aliphatic carbocycles. The number of alkyl halides is 3. The van der Waals surface area contributed by atoms with E-state index in [1.807, 2.05) is 30.0 Å². The van der Waals surface area contributed by atoms with Crippen LogP contribution in [0.5, 0.6) is 5.75 Å². The van der Waals surface area contributed by atoms with Gasteiger partial charge in [0.15, 0.2) is 0 Å². The number of ether oxygens (including phenoxy) is 1. The molecule has 0 spiro atoms. The molecule has 1 amide bonds. The molecule has 4 rings (SSSR count). The number of benzene rings is 1. The summed E-state index contributed by atoms with van der Waals surface area (Å²) in [4.78, 5) is 29.7. The van der Waals surface area contributed by atoms with Gasteiger partial charge in [0, 0.05) is 44.0 Å². The molecular weight excluding hydrogens is 449 g/mol. The van der Waals surface area contributed by atoms with E-state index in [1.54, 1.807) is 18.0 Å². The summed E-state index contributed by atoms with van der Waals surface area (Å²) in [6.45, 7) is 5.60. The highest BCUT2D eigenvalue weighted by atomic mass is 19.4. The molecule has 0 atom stereocenters. The Morgan fingerprint density at radius 2 is 1.76 bits per heavy atom. The zero-order valence-corrected chi connectivity index (χ0v) is 18.6. The molecule has 1 saturated heterocycles. The predicted octanol–water partition coefficient (Wildman–Crippen LogP) is 4.09. The fraction of sp³-hybridized carbons (Fsp3) is 0.304. The molecule has 11 heteroatoms. The number of carbonyl (C=O) groups excluding carboxylic acids is 1. The van der Waals surface area contributed by atoms with Crippen LogP contribution < -0.4 is 15.0 Å².